The van der Waals surface area contributed by atoms with Crippen LogP contribution in [0.2, 0.25) is 0 Å². The Hall–Kier alpha value is -0.810. The van der Waals surface area contributed by atoms with E-state index in [0.717, 1.165) is 48.9 Å². The summed E-state index contributed by atoms with van der Waals surface area (Å²) in [4.78, 5) is 0. The second-order valence-corrected chi connectivity index (χ2v) is 8.78. The molecule has 0 saturated heterocycles. The Morgan fingerprint density at radius 1 is 1.09 bits per heavy atom. The topological polar surface area (TPSA) is 44.0 Å². The average Bonchev–Trinajstić information content (AvgIpc) is 2.81. The maximum atomic E-state index is 9.99. The first-order valence-electron chi connectivity index (χ1n) is 9.39. The number of aliphatic hydroxyl groups is 1. The molecule has 4 fully saturated rings. The van der Waals surface area contributed by atoms with E-state index in [-0.39, 0.29) is 6.10 Å². The minimum atomic E-state index is -0.0247. The van der Waals surface area contributed by atoms with Gasteiger partial charge in [0.25, 0.3) is 0 Å². The van der Waals surface area contributed by atoms with E-state index in [4.69, 9.17) is 5.26 Å². The third-order valence-electron chi connectivity index (χ3n) is 7.96. The van der Waals surface area contributed by atoms with Crippen molar-refractivity contribution >= 4 is 0 Å². The van der Waals surface area contributed by atoms with Crippen LogP contribution in [0, 0.1) is 46.3 Å². The molecule has 0 amide bonds. The summed E-state index contributed by atoms with van der Waals surface area (Å²) >= 11 is 0. The molecule has 120 valence electrons. The molecule has 2 nitrogen and oxygen atoms in total. The van der Waals surface area contributed by atoms with Gasteiger partial charge in [-0.3, -0.25) is 0 Å². The van der Waals surface area contributed by atoms with Gasteiger partial charge in [-0.1, -0.05) is 12.5 Å². The number of aliphatic hydroxyl groups excluding tert-OH is 1. The number of rotatable bonds is 0. The summed E-state index contributed by atoms with van der Waals surface area (Å²) in [5, 5.41) is 19.1. The number of nitrogens with zero attached hydrogens (tertiary/aromatic N) is 1. The lowest BCUT2D eigenvalue weighted by Gasteiger charge is -2.54. The SMILES string of the molecule is C[C@]12C[C@H]3CC[C@@H]4C[C@@H](O)CC[C@H]4[C@@H]3C[C@@H]1CC/C2=C\C#N. The van der Waals surface area contributed by atoms with Gasteiger partial charge in [-0.15, -0.1) is 0 Å². The fraction of sp³-hybridized carbons (Fsp3) is 0.850. The summed E-state index contributed by atoms with van der Waals surface area (Å²) in [6.45, 7) is 2.45. The zero-order chi connectivity index (χ0) is 15.3. The molecule has 4 saturated carbocycles. The smallest absolute Gasteiger partial charge is 0.0911 e. The molecule has 0 aromatic rings. The Bertz CT molecular complexity index is 518. The normalized spacial score (nSPS) is 52.5. The highest BCUT2D eigenvalue weighted by Gasteiger charge is 2.53. The van der Waals surface area contributed by atoms with E-state index in [1.165, 1.54) is 44.1 Å². The van der Waals surface area contributed by atoms with Crippen LogP contribution in [-0.2, 0) is 0 Å². The van der Waals surface area contributed by atoms with Crippen LogP contribution in [0.1, 0.15) is 64.7 Å². The molecule has 7 atom stereocenters. The predicted molar refractivity (Wildman–Crippen MR) is 86.8 cm³/mol. The molecule has 1 N–H and O–H groups in total. The van der Waals surface area contributed by atoms with Crippen molar-refractivity contribution in [2.45, 2.75) is 70.8 Å². The molecular weight excluding hydrogens is 270 g/mol. The summed E-state index contributed by atoms with van der Waals surface area (Å²) < 4.78 is 0. The van der Waals surface area contributed by atoms with Crippen LogP contribution >= 0.6 is 0 Å². The average molecular weight is 299 g/mol. The largest absolute Gasteiger partial charge is 0.393 e. The highest BCUT2D eigenvalue weighted by molar-refractivity contribution is 5.27. The quantitative estimate of drug-likeness (QED) is 0.672. The zero-order valence-electron chi connectivity index (χ0n) is 13.8. The van der Waals surface area contributed by atoms with Gasteiger partial charge in [0.1, 0.15) is 0 Å². The van der Waals surface area contributed by atoms with Crippen molar-refractivity contribution in [1.29, 1.82) is 5.26 Å². The summed E-state index contributed by atoms with van der Waals surface area (Å²) in [6, 6.07) is 2.30. The number of nitriles is 1. The van der Waals surface area contributed by atoms with Gasteiger partial charge in [-0.05, 0) is 92.8 Å². The molecular formula is C20H29NO. The lowest BCUT2D eigenvalue weighted by Crippen LogP contribution is -2.46. The van der Waals surface area contributed by atoms with Crippen molar-refractivity contribution in [3.63, 3.8) is 0 Å². The number of allylic oxidation sites excluding steroid dienone is 2. The molecule has 4 aliphatic rings. The fourth-order valence-electron chi connectivity index (χ4n) is 6.83. The summed E-state index contributed by atoms with van der Waals surface area (Å²) in [5.74, 6) is 4.27. The van der Waals surface area contributed by atoms with E-state index in [1.807, 2.05) is 6.08 Å². The first-order valence-corrected chi connectivity index (χ1v) is 9.39. The highest BCUT2D eigenvalue weighted by atomic mass is 16.3. The maximum absolute atomic E-state index is 9.99. The Morgan fingerprint density at radius 2 is 1.91 bits per heavy atom. The minimum absolute atomic E-state index is 0.0247. The molecule has 0 bridgehead atoms. The van der Waals surface area contributed by atoms with Crippen molar-refractivity contribution in [1.82, 2.24) is 0 Å². The summed E-state index contributed by atoms with van der Waals surface area (Å²) in [6.07, 6.45) is 13.1. The van der Waals surface area contributed by atoms with Crippen LogP contribution in [-0.4, -0.2) is 11.2 Å². The standard InChI is InChI=1S/C20H29NO/c1-20-12-14-3-2-13-10-17(22)6-7-18(13)19(14)11-16(20)5-4-15(20)8-9-21/h8,13-14,16-19,22H,2-7,10-12H2,1H3/b15-8+/t13-,14-,16+,17+,18-,19-,20-/m1/s1. The summed E-state index contributed by atoms with van der Waals surface area (Å²) in [5.41, 5.74) is 1.76. The minimum Gasteiger partial charge on any atom is -0.393 e. The first kappa shape index (κ1) is 14.8. The zero-order valence-corrected chi connectivity index (χ0v) is 13.8. The molecule has 0 heterocycles. The van der Waals surface area contributed by atoms with E-state index < -0.39 is 0 Å². The van der Waals surface area contributed by atoms with Gasteiger partial charge in [0.2, 0.25) is 0 Å². The number of fused-ring (bicyclic) bond motifs is 4. The molecule has 0 radical (unpaired) electrons. The molecule has 0 aliphatic heterocycles. The fourth-order valence-corrected chi connectivity index (χ4v) is 6.83. The van der Waals surface area contributed by atoms with Crippen LogP contribution in [0.25, 0.3) is 0 Å². The molecule has 0 aromatic carbocycles. The van der Waals surface area contributed by atoms with Crippen LogP contribution < -0.4 is 0 Å². The van der Waals surface area contributed by atoms with Gasteiger partial charge in [0, 0.05) is 6.08 Å². The molecule has 0 unspecified atom stereocenters. The van der Waals surface area contributed by atoms with Crippen LogP contribution in [0.4, 0.5) is 0 Å². The molecule has 0 aromatic heterocycles. The molecule has 4 aliphatic carbocycles. The molecule has 0 spiro atoms. The Morgan fingerprint density at radius 3 is 2.73 bits per heavy atom. The van der Waals surface area contributed by atoms with Crippen molar-refractivity contribution in [2.75, 3.05) is 0 Å². The van der Waals surface area contributed by atoms with E-state index in [0.29, 0.717) is 5.41 Å². The van der Waals surface area contributed by atoms with Gasteiger partial charge < -0.3 is 5.11 Å². The Balaban J connectivity index is 1.57. The van der Waals surface area contributed by atoms with E-state index in [9.17, 15) is 5.11 Å². The first-order chi connectivity index (χ1) is 10.6. The van der Waals surface area contributed by atoms with E-state index in [2.05, 4.69) is 13.0 Å². The lowest BCUT2D eigenvalue weighted by molar-refractivity contribution is -0.0507. The highest BCUT2D eigenvalue weighted by Crippen LogP contribution is 2.63. The number of hydrogen-bond donors (Lipinski definition) is 1. The number of hydrogen-bond acceptors (Lipinski definition) is 2. The van der Waals surface area contributed by atoms with Gasteiger partial charge in [-0.2, -0.15) is 5.26 Å². The van der Waals surface area contributed by atoms with Gasteiger partial charge >= 0.3 is 0 Å². The van der Waals surface area contributed by atoms with Crippen LogP contribution in [0.3, 0.4) is 0 Å². The van der Waals surface area contributed by atoms with E-state index in [1.54, 1.807) is 0 Å². The lowest BCUT2D eigenvalue weighted by atomic mass is 9.51. The van der Waals surface area contributed by atoms with Crippen LogP contribution in [0.5, 0.6) is 0 Å². The Kier molecular flexibility index (Phi) is 3.61. The van der Waals surface area contributed by atoms with Crippen molar-refractivity contribution in [3.05, 3.63) is 11.6 Å². The van der Waals surface area contributed by atoms with Crippen molar-refractivity contribution < 1.29 is 5.11 Å². The molecule has 4 rings (SSSR count). The van der Waals surface area contributed by atoms with Crippen molar-refractivity contribution in [3.8, 4) is 6.07 Å². The monoisotopic (exact) mass is 299 g/mol. The Labute approximate surface area is 134 Å². The second kappa shape index (κ2) is 5.38. The molecule has 2 heteroatoms. The predicted octanol–water partition coefficient (Wildman–Crippen LogP) is 4.45. The van der Waals surface area contributed by atoms with Crippen LogP contribution in [0.15, 0.2) is 11.6 Å². The molecule has 22 heavy (non-hydrogen) atoms. The van der Waals surface area contributed by atoms with Gasteiger partial charge in [0.05, 0.1) is 12.2 Å². The van der Waals surface area contributed by atoms with Crippen molar-refractivity contribution in [2.24, 2.45) is 35.0 Å². The van der Waals surface area contributed by atoms with Gasteiger partial charge in [-0.25, -0.2) is 0 Å². The van der Waals surface area contributed by atoms with Gasteiger partial charge in [0.15, 0.2) is 0 Å². The third-order valence-corrected chi connectivity index (χ3v) is 7.96. The maximum Gasteiger partial charge on any atom is 0.0911 e. The third kappa shape index (κ3) is 2.16. The van der Waals surface area contributed by atoms with E-state index >= 15 is 0 Å². The second-order valence-electron chi connectivity index (χ2n) is 8.78. The summed E-state index contributed by atoms with van der Waals surface area (Å²) in [7, 11) is 0.